The minimum absolute atomic E-state index is 0.111. The third kappa shape index (κ3) is 3.25. The molecule has 0 aliphatic heterocycles. The lowest BCUT2D eigenvalue weighted by atomic mass is 10.1. The first-order valence-corrected chi connectivity index (χ1v) is 6.02. The Hall–Kier alpha value is -2.58. The Morgan fingerprint density at radius 2 is 2.25 bits per heavy atom. The van der Waals surface area contributed by atoms with E-state index in [1.54, 1.807) is 6.07 Å². The van der Waals surface area contributed by atoms with Crippen LogP contribution in [0.25, 0.3) is 11.3 Å². The van der Waals surface area contributed by atoms with Crippen molar-refractivity contribution < 1.29 is 14.1 Å². The second-order valence-corrected chi connectivity index (χ2v) is 4.09. The largest absolute Gasteiger partial charge is 0.382 e. The molecule has 0 radical (unpaired) electrons. The third-order valence-electron chi connectivity index (χ3n) is 2.64. The van der Waals surface area contributed by atoms with E-state index in [9.17, 15) is 4.79 Å². The molecule has 0 fully saturated rings. The SMILES string of the molecule is C#CC(COC)NC(=O)c1cc(-c2ccccc2)no1. The van der Waals surface area contributed by atoms with Gasteiger partial charge in [-0.2, -0.15) is 0 Å². The Morgan fingerprint density at radius 1 is 1.50 bits per heavy atom. The van der Waals surface area contributed by atoms with Crippen molar-refractivity contribution in [3.8, 4) is 23.6 Å². The fourth-order valence-electron chi connectivity index (χ4n) is 1.65. The predicted octanol–water partition coefficient (Wildman–Crippen LogP) is 1.72. The molecule has 0 saturated heterocycles. The zero-order valence-corrected chi connectivity index (χ0v) is 11.0. The van der Waals surface area contributed by atoms with E-state index in [-0.39, 0.29) is 12.4 Å². The van der Waals surface area contributed by atoms with E-state index in [1.165, 1.54) is 7.11 Å². The Morgan fingerprint density at radius 3 is 2.90 bits per heavy atom. The maximum absolute atomic E-state index is 11.9. The van der Waals surface area contributed by atoms with E-state index in [4.69, 9.17) is 15.7 Å². The van der Waals surface area contributed by atoms with Gasteiger partial charge < -0.3 is 14.6 Å². The maximum Gasteiger partial charge on any atom is 0.290 e. The zero-order valence-electron chi connectivity index (χ0n) is 11.0. The van der Waals surface area contributed by atoms with Crippen molar-refractivity contribution in [3.63, 3.8) is 0 Å². The van der Waals surface area contributed by atoms with E-state index < -0.39 is 11.9 Å². The van der Waals surface area contributed by atoms with Crippen molar-refractivity contribution >= 4 is 5.91 Å². The molecular formula is C15H14N2O3. The van der Waals surface area contributed by atoms with Crippen LogP contribution in [0.4, 0.5) is 0 Å². The first-order valence-electron chi connectivity index (χ1n) is 6.02. The Labute approximate surface area is 116 Å². The van der Waals surface area contributed by atoms with E-state index in [2.05, 4.69) is 16.4 Å². The van der Waals surface area contributed by atoms with Gasteiger partial charge in [-0.25, -0.2) is 0 Å². The van der Waals surface area contributed by atoms with Gasteiger partial charge in [0, 0.05) is 18.7 Å². The first kappa shape index (κ1) is 13.8. The monoisotopic (exact) mass is 270 g/mol. The molecule has 5 heteroatoms. The van der Waals surface area contributed by atoms with E-state index in [0.717, 1.165) is 5.56 Å². The summed E-state index contributed by atoms with van der Waals surface area (Å²) >= 11 is 0. The smallest absolute Gasteiger partial charge is 0.290 e. The van der Waals surface area contributed by atoms with E-state index in [1.807, 2.05) is 30.3 Å². The molecule has 1 atom stereocenters. The number of carbonyl (C=O) groups is 1. The van der Waals surface area contributed by atoms with Crippen LogP contribution in [-0.2, 0) is 4.74 Å². The average molecular weight is 270 g/mol. The van der Waals surface area contributed by atoms with Crippen LogP contribution in [0.5, 0.6) is 0 Å². The summed E-state index contributed by atoms with van der Waals surface area (Å²) in [4.78, 5) is 11.9. The highest BCUT2D eigenvalue weighted by molar-refractivity contribution is 5.92. The summed E-state index contributed by atoms with van der Waals surface area (Å²) in [5.74, 6) is 2.12. The lowest BCUT2D eigenvalue weighted by Crippen LogP contribution is -2.36. The predicted molar refractivity (Wildman–Crippen MR) is 73.9 cm³/mol. The third-order valence-corrected chi connectivity index (χ3v) is 2.64. The van der Waals surface area contributed by atoms with Gasteiger partial charge in [0.2, 0.25) is 5.76 Å². The molecule has 2 aromatic rings. The number of hydrogen-bond donors (Lipinski definition) is 1. The van der Waals surface area contributed by atoms with Gasteiger partial charge in [-0.15, -0.1) is 6.42 Å². The number of benzene rings is 1. The number of nitrogens with one attached hydrogen (secondary N) is 1. The standard InChI is InChI=1S/C15H14N2O3/c1-3-12(10-19-2)16-15(18)14-9-13(17-20-14)11-7-5-4-6-8-11/h1,4-9,12H,10H2,2H3,(H,16,18). The first-order chi connectivity index (χ1) is 9.74. The summed E-state index contributed by atoms with van der Waals surface area (Å²) in [5.41, 5.74) is 1.47. The van der Waals surface area contributed by atoms with Crippen molar-refractivity contribution in [2.45, 2.75) is 6.04 Å². The molecule has 1 unspecified atom stereocenters. The summed E-state index contributed by atoms with van der Waals surface area (Å²) in [7, 11) is 1.51. The highest BCUT2D eigenvalue weighted by Gasteiger charge is 2.16. The van der Waals surface area contributed by atoms with Crippen molar-refractivity contribution in [1.29, 1.82) is 0 Å². The molecule has 2 rings (SSSR count). The number of methoxy groups -OCH3 is 1. The van der Waals surface area contributed by atoms with E-state index >= 15 is 0 Å². The molecule has 1 aromatic heterocycles. The minimum Gasteiger partial charge on any atom is -0.382 e. The van der Waals surface area contributed by atoms with Crippen molar-refractivity contribution in [3.05, 3.63) is 42.2 Å². The van der Waals surface area contributed by atoms with Gasteiger partial charge in [-0.3, -0.25) is 4.79 Å². The van der Waals surface area contributed by atoms with Crippen LogP contribution in [0.3, 0.4) is 0 Å². The number of carbonyl (C=O) groups excluding carboxylic acids is 1. The van der Waals surface area contributed by atoms with Crippen LogP contribution < -0.4 is 5.32 Å². The summed E-state index contributed by atoms with van der Waals surface area (Å²) < 4.78 is 9.94. The van der Waals surface area contributed by atoms with Gasteiger partial charge in [0.05, 0.1) is 6.61 Å². The highest BCUT2D eigenvalue weighted by atomic mass is 16.5. The molecule has 0 bridgehead atoms. The molecule has 0 saturated carbocycles. The molecule has 1 amide bonds. The molecule has 1 aromatic carbocycles. The molecule has 0 aliphatic rings. The Kier molecular flexibility index (Phi) is 4.53. The summed E-state index contributed by atoms with van der Waals surface area (Å²) in [6.07, 6.45) is 5.29. The molecular weight excluding hydrogens is 256 g/mol. The van der Waals surface area contributed by atoms with Crippen LogP contribution in [0.2, 0.25) is 0 Å². The lowest BCUT2D eigenvalue weighted by Gasteiger charge is -2.09. The molecule has 1 heterocycles. The second-order valence-electron chi connectivity index (χ2n) is 4.09. The van der Waals surface area contributed by atoms with Crippen molar-refractivity contribution in [1.82, 2.24) is 10.5 Å². The molecule has 102 valence electrons. The van der Waals surface area contributed by atoms with Crippen LogP contribution in [-0.4, -0.2) is 30.8 Å². The average Bonchev–Trinajstić information content (AvgIpc) is 2.97. The quantitative estimate of drug-likeness (QED) is 0.840. The number of aromatic nitrogens is 1. The number of terminal acetylenes is 1. The second kappa shape index (κ2) is 6.55. The van der Waals surface area contributed by atoms with Gasteiger partial charge in [0.1, 0.15) is 11.7 Å². The van der Waals surface area contributed by atoms with Crippen LogP contribution in [0.15, 0.2) is 40.9 Å². The Bertz CT molecular complexity index is 614. The molecule has 20 heavy (non-hydrogen) atoms. The van der Waals surface area contributed by atoms with Crippen molar-refractivity contribution in [2.24, 2.45) is 0 Å². The number of rotatable bonds is 5. The number of hydrogen-bond acceptors (Lipinski definition) is 4. The minimum atomic E-state index is -0.502. The fourth-order valence-corrected chi connectivity index (χ4v) is 1.65. The van der Waals surface area contributed by atoms with Crippen LogP contribution >= 0.6 is 0 Å². The number of nitrogens with zero attached hydrogens (tertiary/aromatic N) is 1. The lowest BCUT2D eigenvalue weighted by molar-refractivity contribution is 0.0882. The highest BCUT2D eigenvalue weighted by Crippen LogP contribution is 2.18. The van der Waals surface area contributed by atoms with Crippen molar-refractivity contribution in [2.75, 3.05) is 13.7 Å². The summed E-state index contributed by atoms with van der Waals surface area (Å²) in [5, 5.41) is 6.48. The molecule has 0 spiro atoms. The molecule has 0 aliphatic carbocycles. The number of amides is 1. The van der Waals surface area contributed by atoms with Crippen LogP contribution in [0, 0.1) is 12.3 Å². The molecule has 1 N–H and O–H groups in total. The van der Waals surface area contributed by atoms with Crippen LogP contribution in [0.1, 0.15) is 10.6 Å². The van der Waals surface area contributed by atoms with Gasteiger partial charge >= 0.3 is 0 Å². The summed E-state index contributed by atoms with van der Waals surface area (Å²) in [6.45, 7) is 0.238. The molecule has 5 nitrogen and oxygen atoms in total. The fraction of sp³-hybridized carbons (Fsp3) is 0.200. The normalized spacial score (nSPS) is 11.6. The number of ether oxygens (including phenoxy) is 1. The zero-order chi connectivity index (χ0) is 14.4. The van der Waals surface area contributed by atoms with Gasteiger partial charge in [-0.05, 0) is 0 Å². The van der Waals surface area contributed by atoms with E-state index in [0.29, 0.717) is 5.69 Å². The van der Waals surface area contributed by atoms with Gasteiger partial charge in [-0.1, -0.05) is 41.4 Å². The maximum atomic E-state index is 11.9. The Balaban J connectivity index is 2.09. The van der Waals surface area contributed by atoms with Gasteiger partial charge in [0.25, 0.3) is 5.91 Å². The van der Waals surface area contributed by atoms with Gasteiger partial charge in [0.15, 0.2) is 0 Å². The topological polar surface area (TPSA) is 64.4 Å². The summed E-state index contributed by atoms with van der Waals surface area (Å²) in [6, 6.07) is 10.5.